The number of nitrogens with zero attached hydrogens (tertiary/aromatic N) is 4. The maximum absolute atomic E-state index is 9.46. The lowest BCUT2D eigenvalue weighted by molar-refractivity contribution is 0.474. The molecule has 0 aliphatic heterocycles. The summed E-state index contributed by atoms with van der Waals surface area (Å²) in [6.45, 7) is 0. The zero-order chi connectivity index (χ0) is 11.4. The third-order valence-electron chi connectivity index (χ3n) is 1.70. The molecule has 0 saturated heterocycles. The average molecular weight is 239 g/mol. The van der Waals surface area contributed by atoms with Gasteiger partial charge in [-0.25, -0.2) is 5.43 Å². The quantitative estimate of drug-likeness (QED) is 0.547. The number of halogens is 1. The fraction of sp³-hybridized carbons (Fsp3) is 0. The number of aromatic amines is 1. The van der Waals surface area contributed by atoms with Crippen molar-refractivity contribution in [1.82, 2.24) is 20.6 Å². The topological polar surface area (TPSA) is 99.1 Å². The minimum atomic E-state index is 0.0862. The molecule has 0 amide bonds. The van der Waals surface area contributed by atoms with Gasteiger partial charge in [0.2, 0.25) is 0 Å². The highest BCUT2D eigenvalue weighted by atomic mass is 35.5. The number of anilines is 1. The number of nitrogens with one attached hydrogen (secondary N) is 2. The van der Waals surface area contributed by atoms with Gasteiger partial charge in [0.1, 0.15) is 5.75 Å². The standard InChI is InChI=1S/C8H7ClN6O/c9-6-1-2-7(16)5(3-6)4-10-11-8-12-14-15-13-8/h1-4,16H,(H2,11,12,13,14,15). The van der Waals surface area contributed by atoms with Crippen LogP contribution in [-0.4, -0.2) is 31.9 Å². The van der Waals surface area contributed by atoms with Gasteiger partial charge < -0.3 is 5.11 Å². The summed E-state index contributed by atoms with van der Waals surface area (Å²) in [5.74, 6) is 0.320. The van der Waals surface area contributed by atoms with E-state index in [-0.39, 0.29) is 11.7 Å². The van der Waals surface area contributed by atoms with Crippen LogP contribution in [0.3, 0.4) is 0 Å². The number of hydrogen-bond acceptors (Lipinski definition) is 6. The van der Waals surface area contributed by atoms with E-state index in [9.17, 15) is 5.11 Å². The lowest BCUT2D eigenvalue weighted by Gasteiger charge is -1.98. The zero-order valence-electron chi connectivity index (χ0n) is 7.92. The van der Waals surface area contributed by atoms with Gasteiger partial charge in [-0.15, -0.1) is 5.10 Å². The number of hydrogen-bond donors (Lipinski definition) is 3. The molecule has 2 rings (SSSR count). The Bertz CT molecular complexity index is 497. The highest BCUT2D eigenvalue weighted by Crippen LogP contribution is 2.19. The van der Waals surface area contributed by atoms with Gasteiger partial charge in [0.15, 0.2) is 0 Å². The van der Waals surface area contributed by atoms with E-state index in [4.69, 9.17) is 11.6 Å². The minimum absolute atomic E-state index is 0.0862. The first-order valence-corrected chi connectivity index (χ1v) is 4.64. The molecule has 1 aromatic heterocycles. The van der Waals surface area contributed by atoms with Crippen LogP contribution in [0, 0.1) is 0 Å². The van der Waals surface area contributed by atoms with Crippen molar-refractivity contribution in [2.75, 3.05) is 5.43 Å². The number of phenolic OH excluding ortho intramolecular Hbond substituents is 1. The molecule has 0 bridgehead atoms. The summed E-state index contributed by atoms with van der Waals surface area (Å²) in [5, 5.41) is 26.6. The lowest BCUT2D eigenvalue weighted by atomic mass is 10.2. The second-order valence-electron chi connectivity index (χ2n) is 2.81. The molecule has 0 aliphatic carbocycles. The molecule has 0 fully saturated rings. The molecule has 0 spiro atoms. The predicted molar refractivity (Wildman–Crippen MR) is 58.5 cm³/mol. The minimum Gasteiger partial charge on any atom is -0.507 e. The Morgan fingerprint density at radius 3 is 3.12 bits per heavy atom. The predicted octanol–water partition coefficient (Wildman–Crippen LogP) is 1.00. The van der Waals surface area contributed by atoms with E-state index in [1.165, 1.54) is 12.3 Å². The second-order valence-corrected chi connectivity index (χ2v) is 3.24. The van der Waals surface area contributed by atoms with Crippen LogP contribution in [0.4, 0.5) is 5.95 Å². The average Bonchev–Trinajstić information content (AvgIpc) is 2.76. The molecule has 0 unspecified atom stereocenters. The zero-order valence-corrected chi connectivity index (χ0v) is 8.68. The third kappa shape index (κ3) is 2.45. The van der Waals surface area contributed by atoms with E-state index in [0.717, 1.165) is 0 Å². The number of aromatic nitrogens is 4. The summed E-state index contributed by atoms with van der Waals surface area (Å²) >= 11 is 5.76. The highest BCUT2D eigenvalue weighted by molar-refractivity contribution is 6.30. The van der Waals surface area contributed by atoms with Gasteiger partial charge in [0.05, 0.1) is 6.21 Å². The normalized spacial score (nSPS) is 10.8. The third-order valence-corrected chi connectivity index (χ3v) is 1.94. The summed E-state index contributed by atoms with van der Waals surface area (Å²) < 4.78 is 0. The second kappa shape index (κ2) is 4.58. The fourth-order valence-electron chi connectivity index (χ4n) is 0.997. The number of aromatic hydroxyl groups is 1. The van der Waals surface area contributed by atoms with Gasteiger partial charge >= 0.3 is 0 Å². The molecule has 16 heavy (non-hydrogen) atoms. The van der Waals surface area contributed by atoms with Crippen LogP contribution in [0.15, 0.2) is 23.3 Å². The van der Waals surface area contributed by atoms with Crippen molar-refractivity contribution in [2.24, 2.45) is 5.10 Å². The van der Waals surface area contributed by atoms with E-state index in [0.29, 0.717) is 10.6 Å². The first-order chi connectivity index (χ1) is 7.75. The van der Waals surface area contributed by atoms with Crippen LogP contribution in [-0.2, 0) is 0 Å². The van der Waals surface area contributed by atoms with Crippen LogP contribution < -0.4 is 5.43 Å². The van der Waals surface area contributed by atoms with Gasteiger partial charge in [-0.05, 0) is 23.4 Å². The Labute approximate surface area is 95.1 Å². The maximum atomic E-state index is 9.46. The van der Waals surface area contributed by atoms with Crippen LogP contribution in [0.1, 0.15) is 5.56 Å². The van der Waals surface area contributed by atoms with Gasteiger partial charge in [0.25, 0.3) is 5.95 Å². The molecule has 8 heteroatoms. The lowest BCUT2D eigenvalue weighted by Crippen LogP contribution is -1.92. The Morgan fingerprint density at radius 2 is 2.38 bits per heavy atom. The Balaban J connectivity index is 2.08. The molecule has 0 atom stereocenters. The number of rotatable bonds is 3. The number of tetrazole rings is 1. The largest absolute Gasteiger partial charge is 0.507 e. The van der Waals surface area contributed by atoms with Gasteiger partial charge in [-0.1, -0.05) is 16.7 Å². The van der Waals surface area contributed by atoms with Crippen molar-refractivity contribution < 1.29 is 5.11 Å². The Hall–Kier alpha value is -2.15. The number of phenols is 1. The van der Waals surface area contributed by atoms with E-state index >= 15 is 0 Å². The number of benzene rings is 1. The van der Waals surface area contributed by atoms with Crippen molar-refractivity contribution in [2.45, 2.75) is 0 Å². The fourth-order valence-corrected chi connectivity index (χ4v) is 1.18. The SMILES string of the molecule is Oc1ccc(Cl)cc1C=NNc1nn[nH]n1. The summed E-state index contributed by atoms with van der Waals surface area (Å²) in [7, 11) is 0. The monoisotopic (exact) mass is 238 g/mol. The van der Waals surface area contributed by atoms with Crippen LogP contribution in [0.2, 0.25) is 5.02 Å². The van der Waals surface area contributed by atoms with Crippen molar-refractivity contribution in [3.63, 3.8) is 0 Å². The summed E-state index contributed by atoms with van der Waals surface area (Å²) in [5.41, 5.74) is 3.01. The van der Waals surface area contributed by atoms with Crippen molar-refractivity contribution in [3.05, 3.63) is 28.8 Å². The molecule has 0 radical (unpaired) electrons. The summed E-state index contributed by atoms with van der Waals surface area (Å²) in [6.07, 6.45) is 1.40. The van der Waals surface area contributed by atoms with Crippen LogP contribution >= 0.6 is 11.6 Å². The molecule has 0 saturated carbocycles. The van der Waals surface area contributed by atoms with Crippen molar-refractivity contribution in [3.8, 4) is 5.75 Å². The van der Waals surface area contributed by atoms with Gasteiger partial charge in [-0.2, -0.15) is 10.3 Å². The molecular formula is C8H7ClN6O. The number of H-pyrrole nitrogens is 1. The van der Waals surface area contributed by atoms with E-state index in [1.807, 2.05) is 0 Å². The summed E-state index contributed by atoms with van der Waals surface area (Å²) in [4.78, 5) is 0. The Morgan fingerprint density at radius 1 is 1.50 bits per heavy atom. The van der Waals surface area contributed by atoms with Crippen molar-refractivity contribution in [1.29, 1.82) is 0 Å². The maximum Gasteiger partial charge on any atom is 0.283 e. The van der Waals surface area contributed by atoms with Gasteiger partial charge in [-0.3, -0.25) is 0 Å². The molecule has 7 nitrogen and oxygen atoms in total. The highest BCUT2D eigenvalue weighted by Gasteiger charge is 1.99. The van der Waals surface area contributed by atoms with Crippen LogP contribution in [0.5, 0.6) is 5.75 Å². The molecule has 3 N–H and O–H groups in total. The van der Waals surface area contributed by atoms with Crippen LogP contribution in [0.25, 0.3) is 0 Å². The Kier molecular flexibility index (Phi) is 2.97. The first-order valence-electron chi connectivity index (χ1n) is 4.27. The van der Waals surface area contributed by atoms with E-state index in [1.54, 1.807) is 12.1 Å². The molecule has 1 aromatic carbocycles. The molecular weight excluding hydrogens is 232 g/mol. The smallest absolute Gasteiger partial charge is 0.283 e. The molecule has 1 heterocycles. The molecule has 2 aromatic rings. The molecule has 82 valence electrons. The van der Waals surface area contributed by atoms with Gasteiger partial charge in [0, 0.05) is 10.6 Å². The molecule has 0 aliphatic rings. The first kappa shape index (κ1) is 10.4. The van der Waals surface area contributed by atoms with E-state index in [2.05, 4.69) is 31.2 Å². The van der Waals surface area contributed by atoms with Crippen molar-refractivity contribution >= 4 is 23.8 Å². The summed E-state index contributed by atoms with van der Waals surface area (Å²) in [6, 6.07) is 4.65. The van der Waals surface area contributed by atoms with E-state index < -0.39 is 0 Å². The number of hydrazone groups is 1.